The lowest BCUT2D eigenvalue weighted by Crippen LogP contribution is -2.05. The van der Waals surface area contributed by atoms with Crippen LogP contribution in [0.5, 0.6) is 5.75 Å². The first-order valence-corrected chi connectivity index (χ1v) is 7.61. The van der Waals surface area contributed by atoms with E-state index in [9.17, 15) is 4.79 Å². The summed E-state index contributed by atoms with van der Waals surface area (Å²) in [6.45, 7) is 6.36. The Kier molecular flexibility index (Phi) is 5.96. The van der Waals surface area contributed by atoms with Gasteiger partial charge in [-0.2, -0.15) is 0 Å². The quantitative estimate of drug-likeness (QED) is 0.405. The molecule has 0 radical (unpaired) electrons. The van der Waals surface area contributed by atoms with Crippen molar-refractivity contribution in [2.75, 3.05) is 6.61 Å². The molecule has 2 aromatic rings. The molecule has 0 saturated heterocycles. The Morgan fingerprint density at radius 3 is 2.64 bits per heavy atom. The van der Waals surface area contributed by atoms with Gasteiger partial charge in [-0.05, 0) is 48.9 Å². The van der Waals surface area contributed by atoms with Gasteiger partial charge in [0.25, 0.3) is 0 Å². The molecule has 2 heteroatoms. The van der Waals surface area contributed by atoms with Crippen molar-refractivity contribution in [1.82, 2.24) is 0 Å². The molecule has 0 aromatic heterocycles. The van der Waals surface area contributed by atoms with Crippen molar-refractivity contribution < 1.29 is 9.53 Å². The third-order valence-electron chi connectivity index (χ3n) is 3.53. The van der Waals surface area contributed by atoms with Crippen molar-refractivity contribution in [3.63, 3.8) is 0 Å². The van der Waals surface area contributed by atoms with Crippen LogP contribution in [0.25, 0.3) is 0 Å². The number of hydrogen-bond acceptors (Lipinski definition) is 2. The predicted octanol–water partition coefficient (Wildman–Crippen LogP) is 4.55. The fourth-order valence-electron chi connectivity index (χ4n) is 2.54. The van der Waals surface area contributed by atoms with Crippen LogP contribution in [0.15, 0.2) is 55.1 Å². The van der Waals surface area contributed by atoms with E-state index in [4.69, 9.17) is 4.74 Å². The second kappa shape index (κ2) is 8.18. The van der Waals surface area contributed by atoms with Crippen LogP contribution in [-0.4, -0.2) is 12.9 Å². The summed E-state index contributed by atoms with van der Waals surface area (Å²) in [6.07, 6.45) is 5.30. The van der Waals surface area contributed by atoms with E-state index < -0.39 is 0 Å². The first-order valence-electron chi connectivity index (χ1n) is 7.61. The lowest BCUT2D eigenvalue weighted by Gasteiger charge is -2.14. The smallest absolute Gasteiger partial charge is 0.153 e. The Balaban J connectivity index is 2.02. The predicted molar refractivity (Wildman–Crippen MR) is 90.7 cm³/mol. The first kappa shape index (κ1) is 16.0. The van der Waals surface area contributed by atoms with Gasteiger partial charge in [0.2, 0.25) is 0 Å². The summed E-state index contributed by atoms with van der Waals surface area (Å²) in [5.74, 6) is 0.702. The number of aldehydes is 1. The molecule has 0 N–H and O–H groups in total. The van der Waals surface area contributed by atoms with Gasteiger partial charge in [0.15, 0.2) is 6.29 Å². The highest BCUT2D eigenvalue weighted by molar-refractivity contribution is 5.80. The Morgan fingerprint density at radius 1 is 1.18 bits per heavy atom. The number of aryl methyl sites for hydroxylation is 2. The summed E-state index contributed by atoms with van der Waals surface area (Å²) in [7, 11) is 0. The maximum atomic E-state index is 11.3. The van der Waals surface area contributed by atoms with E-state index in [0.717, 1.165) is 30.3 Å². The number of carbonyl (C=O) groups is 1. The van der Waals surface area contributed by atoms with E-state index in [1.807, 2.05) is 37.3 Å². The molecular formula is C20H22O2. The number of benzene rings is 2. The summed E-state index contributed by atoms with van der Waals surface area (Å²) >= 11 is 0. The maximum Gasteiger partial charge on any atom is 0.153 e. The van der Waals surface area contributed by atoms with Crippen molar-refractivity contribution in [2.45, 2.75) is 26.2 Å². The van der Waals surface area contributed by atoms with Crippen molar-refractivity contribution in [1.29, 1.82) is 0 Å². The van der Waals surface area contributed by atoms with E-state index >= 15 is 0 Å². The molecule has 0 atom stereocenters. The minimum atomic E-state index is 0.600. The van der Waals surface area contributed by atoms with Gasteiger partial charge in [0.1, 0.15) is 5.75 Å². The molecule has 0 fully saturated rings. The third-order valence-corrected chi connectivity index (χ3v) is 3.53. The van der Waals surface area contributed by atoms with Crippen molar-refractivity contribution in [3.05, 3.63) is 77.4 Å². The van der Waals surface area contributed by atoms with E-state index in [2.05, 4.69) is 24.8 Å². The molecule has 0 bridgehead atoms. The van der Waals surface area contributed by atoms with Gasteiger partial charge in [-0.1, -0.05) is 42.5 Å². The summed E-state index contributed by atoms with van der Waals surface area (Å²) in [5.41, 5.74) is 4.01. The van der Waals surface area contributed by atoms with E-state index in [1.165, 1.54) is 5.56 Å². The molecule has 0 unspecified atom stereocenters. The van der Waals surface area contributed by atoms with Crippen LogP contribution >= 0.6 is 0 Å². The molecular weight excluding hydrogens is 272 g/mol. The van der Waals surface area contributed by atoms with Crippen LogP contribution < -0.4 is 4.74 Å². The molecule has 0 heterocycles. The van der Waals surface area contributed by atoms with Gasteiger partial charge >= 0.3 is 0 Å². The minimum absolute atomic E-state index is 0.600. The Hall–Kier alpha value is -2.35. The van der Waals surface area contributed by atoms with Crippen LogP contribution in [0.4, 0.5) is 0 Å². The number of carbonyl (C=O) groups excluding carboxylic acids is 1. The molecule has 0 aliphatic carbocycles. The highest BCUT2D eigenvalue weighted by Gasteiger charge is 2.10. The molecule has 0 saturated carbocycles. The molecule has 2 nitrogen and oxygen atoms in total. The Labute approximate surface area is 132 Å². The van der Waals surface area contributed by atoms with Gasteiger partial charge in [0, 0.05) is 0 Å². The summed E-state index contributed by atoms with van der Waals surface area (Å²) < 4.78 is 5.91. The number of hydrogen-bond donors (Lipinski definition) is 0. The van der Waals surface area contributed by atoms with E-state index in [1.54, 1.807) is 0 Å². The lowest BCUT2D eigenvalue weighted by molar-refractivity contribution is 0.111. The third kappa shape index (κ3) is 4.32. The molecule has 22 heavy (non-hydrogen) atoms. The average molecular weight is 294 g/mol. The normalized spacial score (nSPS) is 10.2. The van der Waals surface area contributed by atoms with Crippen molar-refractivity contribution in [2.24, 2.45) is 0 Å². The SMILES string of the molecule is C=CCc1cc(C)cc(C=O)c1OCCCc1ccccc1. The van der Waals surface area contributed by atoms with Crippen molar-refractivity contribution in [3.8, 4) is 5.75 Å². The van der Waals surface area contributed by atoms with Crippen molar-refractivity contribution >= 4 is 6.29 Å². The van der Waals surface area contributed by atoms with Gasteiger partial charge in [-0.3, -0.25) is 4.79 Å². The summed E-state index contributed by atoms with van der Waals surface area (Å²) in [5, 5.41) is 0. The van der Waals surface area contributed by atoms with Gasteiger partial charge < -0.3 is 4.74 Å². The van der Waals surface area contributed by atoms with E-state index in [-0.39, 0.29) is 0 Å². The molecule has 2 rings (SSSR count). The van der Waals surface area contributed by atoms with Crippen LogP contribution in [0.1, 0.15) is 33.5 Å². The molecule has 0 aliphatic rings. The van der Waals surface area contributed by atoms with Gasteiger partial charge in [-0.15, -0.1) is 6.58 Å². The summed E-state index contributed by atoms with van der Waals surface area (Å²) in [6, 6.07) is 14.3. The minimum Gasteiger partial charge on any atom is -0.493 e. The zero-order valence-electron chi connectivity index (χ0n) is 13.0. The average Bonchev–Trinajstić information content (AvgIpc) is 2.54. The molecule has 0 amide bonds. The topological polar surface area (TPSA) is 26.3 Å². The zero-order valence-corrected chi connectivity index (χ0v) is 13.0. The highest BCUT2D eigenvalue weighted by atomic mass is 16.5. The summed E-state index contributed by atoms with van der Waals surface area (Å²) in [4.78, 5) is 11.3. The van der Waals surface area contributed by atoms with Crippen LogP contribution in [-0.2, 0) is 12.8 Å². The van der Waals surface area contributed by atoms with Crippen LogP contribution in [0, 0.1) is 6.92 Å². The molecule has 0 spiro atoms. The zero-order chi connectivity index (χ0) is 15.8. The highest BCUT2D eigenvalue weighted by Crippen LogP contribution is 2.26. The molecule has 114 valence electrons. The van der Waals surface area contributed by atoms with Crippen LogP contribution in [0.2, 0.25) is 0 Å². The second-order valence-corrected chi connectivity index (χ2v) is 5.39. The maximum absolute atomic E-state index is 11.3. The standard InChI is InChI=1S/C20H22O2/c1-3-8-18-13-16(2)14-19(15-21)20(18)22-12-7-11-17-9-5-4-6-10-17/h3-6,9-10,13-15H,1,7-8,11-12H2,2H3. The van der Waals surface area contributed by atoms with Crippen LogP contribution in [0.3, 0.4) is 0 Å². The van der Waals surface area contributed by atoms with Gasteiger partial charge in [0.05, 0.1) is 12.2 Å². The monoisotopic (exact) mass is 294 g/mol. The second-order valence-electron chi connectivity index (χ2n) is 5.39. The molecule has 0 aliphatic heterocycles. The fourth-order valence-corrected chi connectivity index (χ4v) is 2.54. The van der Waals surface area contributed by atoms with E-state index in [0.29, 0.717) is 24.3 Å². The molecule has 2 aromatic carbocycles. The number of rotatable bonds is 8. The Morgan fingerprint density at radius 2 is 1.95 bits per heavy atom. The number of ether oxygens (including phenoxy) is 1. The Bertz CT molecular complexity index is 630. The number of allylic oxidation sites excluding steroid dienone is 1. The van der Waals surface area contributed by atoms with Gasteiger partial charge in [-0.25, -0.2) is 0 Å². The lowest BCUT2D eigenvalue weighted by atomic mass is 10.0. The first-order chi connectivity index (χ1) is 10.7. The fraction of sp³-hybridized carbons (Fsp3) is 0.250. The largest absolute Gasteiger partial charge is 0.493 e.